The largest absolute Gasteiger partial charge is 0.359 e. The van der Waals surface area contributed by atoms with Gasteiger partial charge in [0.25, 0.3) is 5.69 Å². The molecule has 0 aromatic heterocycles. The number of rotatable bonds is 2. The maximum absolute atomic E-state index is 12.8. The molecule has 3 heterocycles. The van der Waals surface area contributed by atoms with E-state index in [0.29, 0.717) is 5.69 Å². The quantitative estimate of drug-likeness (QED) is 0.359. The topological polar surface area (TPSA) is 89.8 Å². The lowest BCUT2D eigenvalue weighted by molar-refractivity contribution is -0.384. The van der Waals surface area contributed by atoms with Crippen molar-refractivity contribution in [3.63, 3.8) is 0 Å². The highest BCUT2D eigenvalue weighted by Crippen LogP contribution is 2.57. The molecule has 0 spiro atoms. The molecule has 0 saturated carbocycles. The second kappa shape index (κ2) is 4.05. The van der Waals surface area contributed by atoms with Gasteiger partial charge >= 0.3 is 0 Å². The van der Waals surface area contributed by atoms with Gasteiger partial charge in [0, 0.05) is 12.1 Å². The molecule has 0 radical (unpaired) electrons. The molecule has 4 atom stereocenters. The number of ether oxygens (including phenoxy) is 1. The summed E-state index contributed by atoms with van der Waals surface area (Å²) in [5.74, 6) is -1.74. The van der Waals surface area contributed by atoms with Gasteiger partial charge in [0.1, 0.15) is 0 Å². The van der Waals surface area contributed by atoms with Gasteiger partial charge in [0.15, 0.2) is 0 Å². The molecule has 1 aromatic carbocycles. The number of fused-ring (bicyclic) bond motifs is 5. The van der Waals surface area contributed by atoms with E-state index in [1.54, 1.807) is 0 Å². The monoisotopic (exact) mass is 314 g/mol. The third-order valence-corrected chi connectivity index (χ3v) is 5.05. The van der Waals surface area contributed by atoms with E-state index in [0.717, 1.165) is 4.90 Å². The highest BCUT2D eigenvalue weighted by atomic mass is 16.6. The zero-order valence-electron chi connectivity index (χ0n) is 12.6. The lowest BCUT2D eigenvalue weighted by Gasteiger charge is -2.25. The van der Waals surface area contributed by atoms with E-state index in [1.807, 2.05) is 26.0 Å². The molecule has 2 amide bonds. The van der Waals surface area contributed by atoms with Crippen molar-refractivity contribution in [2.45, 2.75) is 25.0 Å². The van der Waals surface area contributed by atoms with E-state index in [2.05, 4.69) is 0 Å². The number of nitro benzene ring substituents is 1. The minimum Gasteiger partial charge on any atom is -0.359 e. The number of carbonyl (C=O) groups excluding carboxylic acids is 2. The molecule has 2 bridgehead atoms. The number of hydrogen-bond donors (Lipinski definition) is 0. The third-order valence-electron chi connectivity index (χ3n) is 5.05. The summed E-state index contributed by atoms with van der Waals surface area (Å²) in [6.07, 6.45) is 3.69. The number of nitro groups is 1. The minimum atomic E-state index is -0.776. The Kier molecular flexibility index (Phi) is 2.48. The maximum atomic E-state index is 12.8. The van der Waals surface area contributed by atoms with Gasteiger partial charge in [-0.1, -0.05) is 12.2 Å². The highest BCUT2D eigenvalue weighted by molar-refractivity contribution is 6.23. The first kappa shape index (κ1) is 14.1. The fourth-order valence-electron chi connectivity index (χ4n) is 4.01. The normalized spacial score (nSPS) is 37.6. The van der Waals surface area contributed by atoms with Crippen molar-refractivity contribution in [1.29, 1.82) is 0 Å². The van der Waals surface area contributed by atoms with Gasteiger partial charge in [-0.05, 0) is 26.0 Å². The zero-order chi connectivity index (χ0) is 16.6. The highest BCUT2D eigenvalue weighted by Gasteiger charge is 2.70. The van der Waals surface area contributed by atoms with E-state index in [4.69, 9.17) is 4.74 Å². The Balaban J connectivity index is 1.75. The van der Waals surface area contributed by atoms with Gasteiger partial charge in [0.05, 0.1) is 33.6 Å². The average molecular weight is 314 g/mol. The van der Waals surface area contributed by atoms with Crippen molar-refractivity contribution in [2.75, 3.05) is 4.90 Å². The van der Waals surface area contributed by atoms with Crippen LogP contribution in [0.1, 0.15) is 13.8 Å². The van der Waals surface area contributed by atoms with E-state index in [1.165, 1.54) is 24.3 Å². The molecule has 4 rings (SSSR count). The molecule has 7 heteroatoms. The fraction of sp³-hybridized carbons (Fsp3) is 0.375. The summed E-state index contributed by atoms with van der Waals surface area (Å²) in [6.45, 7) is 3.62. The average Bonchev–Trinajstić information content (AvgIpc) is 3.04. The minimum absolute atomic E-state index is 0.0861. The van der Waals surface area contributed by atoms with Gasteiger partial charge in [-0.2, -0.15) is 0 Å². The number of benzene rings is 1. The number of anilines is 1. The van der Waals surface area contributed by atoms with Gasteiger partial charge in [0.2, 0.25) is 11.8 Å². The number of hydrogen-bond acceptors (Lipinski definition) is 5. The van der Waals surface area contributed by atoms with Crippen LogP contribution < -0.4 is 4.90 Å². The molecule has 0 N–H and O–H groups in total. The molecule has 0 aliphatic carbocycles. The standard InChI is InChI=1S/C16H14N2O5/c1-15-7-8-16(2,23-15)12-11(15)13(19)17(14(12)20)9-3-5-10(6-4-9)18(21)22/h3-8,11-12H,1-2H3/t11-,12-,15-,16-/m1/s1. The van der Waals surface area contributed by atoms with Crippen molar-refractivity contribution < 1.29 is 19.2 Å². The molecule has 2 fully saturated rings. The number of imide groups is 1. The number of amides is 2. The van der Waals surface area contributed by atoms with Crippen LogP contribution in [0.3, 0.4) is 0 Å². The summed E-state index contributed by atoms with van der Waals surface area (Å²) in [6, 6.07) is 5.43. The Morgan fingerprint density at radius 3 is 1.96 bits per heavy atom. The molecule has 118 valence electrons. The molecule has 0 unspecified atom stereocenters. The van der Waals surface area contributed by atoms with Crippen LogP contribution in [0.15, 0.2) is 36.4 Å². The smallest absolute Gasteiger partial charge is 0.269 e. The third kappa shape index (κ3) is 1.62. The molecule has 3 aliphatic rings. The first-order chi connectivity index (χ1) is 10.8. The predicted octanol–water partition coefficient (Wildman–Crippen LogP) is 1.82. The van der Waals surface area contributed by atoms with Crippen molar-refractivity contribution in [3.8, 4) is 0 Å². The van der Waals surface area contributed by atoms with Gasteiger partial charge in [-0.15, -0.1) is 0 Å². The van der Waals surface area contributed by atoms with Gasteiger partial charge in [-0.25, -0.2) is 4.90 Å². The van der Waals surface area contributed by atoms with Crippen LogP contribution in [0, 0.1) is 22.0 Å². The Hall–Kier alpha value is -2.54. The summed E-state index contributed by atoms with van der Waals surface area (Å²) >= 11 is 0. The molecular weight excluding hydrogens is 300 g/mol. The van der Waals surface area contributed by atoms with E-state index >= 15 is 0 Å². The van der Waals surface area contributed by atoms with Crippen LogP contribution in [0.25, 0.3) is 0 Å². The molecule has 3 aliphatic heterocycles. The summed E-state index contributed by atoms with van der Waals surface area (Å²) in [5, 5.41) is 10.7. The summed E-state index contributed by atoms with van der Waals surface area (Å²) in [4.78, 5) is 37.0. The Morgan fingerprint density at radius 2 is 1.52 bits per heavy atom. The molecule has 2 saturated heterocycles. The predicted molar refractivity (Wildman–Crippen MR) is 79.6 cm³/mol. The van der Waals surface area contributed by atoms with E-state index in [-0.39, 0.29) is 17.5 Å². The Bertz CT molecular complexity index is 750. The van der Waals surface area contributed by atoms with Crippen molar-refractivity contribution >= 4 is 23.2 Å². The van der Waals surface area contributed by atoms with Crippen molar-refractivity contribution in [2.24, 2.45) is 11.8 Å². The number of non-ortho nitro benzene ring substituents is 1. The summed E-state index contributed by atoms with van der Waals surface area (Å²) < 4.78 is 5.92. The van der Waals surface area contributed by atoms with Crippen molar-refractivity contribution in [1.82, 2.24) is 0 Å². The van der Waals surface area contributed by atoms with Crippen LogP contribution in [0.2, 0.25) is 0 Å². The molecule has 7 nitrogen and oxygen atoms in total. The van der Waals surface area contributed by atoms with Crippen LogP contribution in [-0.4, -0.2) is 27.9 Å². The summed E-state index contributed by atoms with van der Waals surface area (Å²) in [7, 11) is 0. The van der Waals surface area contributed by atoms with Gasteiger partial charge in [-0.3, -0.25) is 19.7 Å². The SMILES string of the molecule is C[C@]12C=C[C@@](C)(O1)[C@H]1C(=O)N(c3ccc([N+](=O)[O-])cc3)C(=O)[C@@H]12. The lowest BCUT2D eigenvalue weighted by Crippen LogP contribution is -2.39. The first-order valence-electron chi connectivity index (χ1n) is 7.30. The van der Waals surface area contributed by atoms with Crippen LogP contribution in [0.5, 0.6) is 0 Å². The lowest BCUT2D eigenvalue weighted by atomic mass is 9.73. The van der Waals surface area contributed by atoms with Crippen LogP contribution in [-0.2, 0) is 14.3 Å². The second-order valence-corrected chi connectivity index (χ2v) is 6.54. The van der Waals surface area contributed by atoms with E-state index in [9.17, 15) is 19.7 Å². The summed E-state index contributed by atoms with van der Waals surface area (Å²) in [5.41, 5.74) is -1.28. The maximum Gasteiger partial charge on any atom is 0.269 e. The molecular formula is C16H14N2O5. The Morgan fingerprint density at radius 1 is 1.04 bits per heavy atom. The first-order valence-corrected chi connectivity index (χ1v) is 7.30. The zero-order valence-corrected chi connectivity index (χ0v) is 12.6. The second-order valence-electron chi connectivity index (χ2n) is 6.54. The fourth-order valence-corrected chi connectivity index (χ4v) is 4.01. The van der Waals surface area contributed by atoms with Crippen LogP contribution in [0.4, 0.5) is 11.4 Å². The van der Waals surface area contributed by atoms with Crippen molar-refractivity contribution in [3.05, 3.63) is 46.5 Å². The molecule has 23 heavy (non-hydrogen) atoms. The molecule has 1 aromatic rings. The van der Waals surface area contributed by atoms with E-state index < -0.39 is 28.0 Å². The van der Waals surface area contributed by atoms with Gasteiger partial charge < -0.3 is 4.74 Å². The van der Waals surface area contributed by atoms with Crippen LogP contribution >= 0.6 is 0 Å². The number of carbonyl (C=O) groups is 2. The number of nitrogens with zero attached hydrogens (tertiary/aromatic N) is 2. The Labute approximate surface area is 131 Å².